The van der Waals surface area contributed by atoms with Gasteiger partial charge in [-0.2, -0.15) is 0 Å². The summed E-state index contributed by atoms with van der Waals surface area (Å²) in [6.45, 7) is 10.8. The maximum Gasteiger partial charge on any atom is 0.237 e. The number of nitrogens with zero attached hydrogens (tertiary/aromatic N) is 1. The third-order valence-corrected chi connectivity index (χ3v) is 3.31. The molecule has 0 saturated heterocycles. The van der Waals surface area contributed by atoms with Crippen LogP contribution in [-0.2, 0) is 4.79 Å². The van der Waals surface area contributed by atoms with Crippen molar-refractivity contribution in [1.82, 2.24) is 10.2 Å². The fourth-order valence-corrected chi connectivity index (χ4v) is 2.12. The van der Waals surface area contributed by atoms with Crippen molar-refractivity contribution in [2.24, 2.45) is 11.1 Å². The highest BCUT2D eigenvalue weighted by Gasteiger charge is 2.27. The molecule has 1 amide bonds. The number of primary amides is 1. The second-order valence-electron chi connectivity index (χ2n) is 6.70. The Hall–Kier alpha value is -0.610. The van der Waals surface area contributed by atoms with Crippen molar-refractivity contribution in [3.63, 3.8) is 0 Å². The van der Waals surface area contributed by atoms with E-state index in [0.717, 1.165) is 32.4 Å². The molecule has 0 heterocycles. The van der Waals surface area contributed by atoms with Crippen molar-refractivity contribution >= 4 is 5.91 Å². The van der Waals surface area contributed by atoms with Crippen LogP contribution >= 0.6 is 0 Å². The first kappa shape index (κ1) is 17.4. The van der Waals surface area contributed by atoms with Crippen LogP contribution in [0.2, 0.25) is 0 Å². The molecule has 0 radical (unpaired) electrons. The molecule has 0 bridgehead atoms. The molecular weight excluding hydrogens is 226 g/mol. The number of amides is 1. The van der Waals surface area contributed by atoms with Gasteiger partial charge in [-0.15, -0.1) is 0 Å². The van der Waals surface area contributed by atoms with Gasteiger partial charge in [-0.3, -0.25) is 4.79 Å². The monoisotopic (exact) mass is 257 g/mol. The Morgan fingerprint density at radius 2 is 1.78 bits per heavy atom. The summed E-state index contributed by atoms with van der Waals surface area (Å²) in [5.41, 5.74) is 5.16. The molecule has 108 valence electrons. The van der Waals surface area contributed by atoms with E-state index in [1.807, 2.05) is 6.92 Å². The van der Waals surface area contributed by atoms with Crippen LogP contribution in [0.3, 0.4) is 0 Å². The van der Waals surface area contributed by atoms with Gasteiger partial charge in [0.25, 0.3) is 0 Å². The molecule has 4 nitrogen and oxygen atoms in total. The second kappa shape index (κ2) is 7.10. The lowest BCUT2D eigenvalue weighted by Crippen LogP contribution is -2.51. The Morgan fingerprint density at radius 3 is 2.17 bits per heavy atom. The van der Waals surface area contributed by atoms with Gasteiger partial charge in [0, 0.05) is 6.54 Å². The summed E-state index contributed by atoms with van der Waals surface area (Å²) in [5, 5.41) is 3.02. The van der Waals surface area contributed by atoms with Gasteiger partial charge in [0.15, 0.2) is 0 Å². The summed E-state index contributed by atoms with van der Waals surface area (Å²) < 4.78 is 0. The Bertz CT molecular complexity index is 260. The van der Waals surface area contributed by atoms with Crippen LogP contribution < -0.4 is 11.1 Å². The van der Waals surface area contributed by atoms with Crippen molar-refractivity contribution in [3.8, 4) is 0 Å². The van der Waals surface area contributed by atoms with Crippen LogP contribution in [0.15, 0.2) is 0 Å². The first-order valence-electron chi connectivity index (χ1n) is 6.78. The summed E-state index contributed by atoms with van der Waals surface area (Å²) in [6, 6.07) is 0. The van der Waals surface area contributed by atoms with E-state index in [9.17, 15) is 4.79 Å². The van der Waals surface area contributed by atoms with Crippen LogP contribution in [0.1, 0.15) is 47.0 Å². The minimum absolute atomic E-state index is 0.270. The van der Waals surface area contributed by atoms with Crippen molar-refractivity contribution < 1.29 is 4.79 Å². The Labute approximate surface area is 112 Å². The molecule has 0 aliphatic rings. The number of carbonyl (C=O) groups is 1. The summed E-state index contributed by atoms with van der Waals surface area (Å²) >= 11 is 0. The Morgan fingerprint density at radius 1 is 1.22 bits per heavy atom. The fourth-order valence-electron chi connectivity index (χ4n) is 2.12. The van der Waals surface area contributed by atoms with Gasteiger partial charge in [-0.1, -0.05) is 20.8 Å². The number of hydrogen-bond acceptors (Lipinski definition) is 3. The lowest BCUT2D eigenvalue weighted by Gasteiger charge is -2.28. The number of hydrogen-bond donors (Lipinski definition) is 2. The molecule has 1 unspecified atom stereocenters. The zero-order chi connectivity index (χ0) is 14.4. The van der Waals surface area contributed by atoms with E-state index in [1.54, 1.807) is 7.05 Å². The predicted octanol–water partition coefficient (Wildman–Crippen LogP) is 1.60. The molecular formula is C14H31N3O. The number of nitrogens with two attached hydrogens (primary N) is 1. The highest BCUT2D eigenvalue weighted by atomic mass is 16.1. The van der Waals surface area contributed by atoms with Gasteiger partial charge < -0.3 is 16.0 Å². The third kappa shape index (κ3) is 6.97. The van der Waals surface area contributed by atoms with Gasteiger partial charge in [0.2, 0.25) is 5.91 Å². The number of unbranched alkanes of at least 4 members (excludes halogenated alkanes) is 1. The van der Waals surface area contributed by atoms with E-state index in [2.05, 4.69) is 38.0 Å². The average Bonchev–Trinajstić information content (AvgIpc) is 2.21. The summed E-state index contributed by atoms with van der Waals surface area (Å²) in [6.07, 6.45) is 2.90. The predicted molar refractivity (Wildman–Crippen MR) is 77.5 cm³/mol. The van der Waals surface area contributed by atoms with Crippen LogP contribution in [0, 0.1) is 5.41 Å². The first-order valence-corrected chi connectivity index (χ1v) is 6.78. The summed E-state index contributed by atoms with van der Waals surface area (Å²) in [5.74, 6) is -0.270. The maximum atomic E-state index is 11.3. The maximum absolute atomic E-state index is 11.3. The lowest BCUT2D eigenvalue weighted by molar-refractivity contribution is -0.123. The van der Waals surface area contributed by atoms with E-state index in [-0.39, 0.29) is 5.91 Å². The highest BCUT2D eigenvalue weighted by molar-refractivity contribution is 5.84. The number of rotatable bonds is 8. The average molecular weight is 257 g/mol. The van der Waals surface area contributed by atoms with Crippen LogP contribution in [0.4, 0.5) is 0 Å². The van der Waals surface area contributed by atoms with Gasteiger partial charge in [-0.25, -0.2) is 0 Å². The molecule has 0 aromatic carbocycles. The van der Waals surface area contributed by atoms with Gasteiger partial charge in [0.1, 0.15) is 0 Å². The van der Waals surface area contributed by atoms with Gasteiger partial charge in [0.05, 0.1) is 5.54 Å². The fraction of sp³-hybridized carbons (Fsp3) is 0.929. The third-order valence-electron chi connectivity index (χ3n) is 3.31. The van der Waals surface area contributed by atoms with Gasteiger partial charge in [-0.05, 0) is 52.2 Å². The molecule has 0 saturated carbocycles. The number of carbonyl (C=O) groups excluding carboxylic acids is 1. The number of nitrogens with one attached hydrogen (secondary N) is 1. The normalized spacial score (nSPS) is 15.7. The van der Waals surface area contributed by atoms with E-state index in [4.69, 9.17) is 5.73 Å². The second-order valence-corrected chi connectivity index (χ2v) is 6.70. The molecule has 0 aromatic rings. The van der Waals surface area contributed by atoms with E-state index < -0.39 is 5.54 Å². The van der Waals surface area contributed by atoms with Crippen molar-refractivity contribution in [2.75, 3.05) is 27.2 Å². The smallest absolute Gasteiger partial charge is 0.237 e. The molecule has 18 heavy (non-hydrogen) atoms. The highest BCUT2D eigenvalue weighted by Crippen LogP contribution is 2.16. The molecule has 0 fully saturated rings. The number of likely N-dealkylation sites (N-methyl/N-ethyl adjacent to an activating group) is 1. The van der Waals surface area contributed by atoms with Gasteiger partial charge >= 0.3 is 0 Å². The van der Waals surface area contributed by atoms with E-state index >= 15 is 0 Å². The molecule has 1 atom stereocenters. The van der Waals surface area contributed by atoms with Crippen molar-refractivity contribution in [3.05, 3.63) is 0 Å². The van der Waals surface area contributed by atoms with Crippen molar-refractivity contribution in [2.45, 2.75) is 52.5 Å². The summed E-state index contributed by atoms with van der Waals surface area (Å²) in [7, 11) is 3.94. The minimum Gasteiger partial charge on any atom is -0.368 e. The molecule has 0 aromatic heterocycles. The van der Waals surface area contributed by atoms with E-state index in [0.29, 0.717) is 5.41 Å². The topological polar surface area (TPSA) is 58.4 Å². The Balaban J connectivity index is 3.89. The van der Waals surface area contributed by atoms with Crippen LogP contribution in [-0.4, -0.2) is 43.5 Å². The quantitative estimate of drug-likeness (QED) is 0.649. The largest absolute Gasteiger partial charge is 0.368 e. The molecule has 0 rings (SSSR count). The molecule has 0 spiro atoms. The lowest BCUT2D eigenvalue weighted by atomic mass is 9.93. The standard InChI is InChI=1S/C14H31N3O/c1-13(2,3)11-17(6)10-8-7-9-14(4,16-5)12(15)18/h16H,7-11H2,1-6H3,(H2,15,18). The molecule has 3 N–H and O–H groups in total. The Kier molecular flexibility index (Phi) is 6.86. The zero-order valence-electron chi connectivity index (χ0n) is 13.0. The first-order chi connectivity index (χ1) is 8.10. The van der Waals surface area contributed by atoms with Crippen LogP contribution in [0.25, 0.3) is 0 Å². The summed E-state index contributed by atoms with van der Waals surface area (Å²) in [4.78, 5) is 13.7. The van der Waals surface area contributed by atoms with Crippen molar-refractivity contribution in [1.29, 1.82) is 0 Å². The molecule has 0 aliphatic carbocycles. The SMILES string of the molecule is CNC(C)(CCCCN(C)CC(C)(C)C)C(N)=O. The van der Waals surface area contributed by atoms with E-state index in [1.165, 1.54) is 0 Å². The molecule has 0 aliphatic heterocycles. The van der Waals surface area contributed by atoms with Crippen LogP contribution in [0.5, 0.6) is 0 Å². The molecule has 4 heteroatoms. The zero-order valence-corrected chi connectivity index (χ0v) is 13.0. The minimum atomic E-state index is -0.567.